The van der Waals surface area contributed by atoms with E-state index in [1.165, 1.54) is 6.07 Å². The van der Waals surface area contributed by atoms with Crippen molar-refractivity contribution in [3.05, 3.63) is 54.2 Å². The summed E-state index contributed by atoms with van der Waals surface area (Å²) in [5, 5.41) is 6.64. The van der Waals surface area contributed by atoms with E-state index >= 15 is 0 Å². The molecule has 4 nitrogen and oxygen atoms in total. The van der Waals surface area contributed by atoms with E-state index in [2.05, 4.69) is 20.6 Å². The van der Waals surface area contributed by atoms with Crippen molar-refractivity contribution in [2.75, 3.05) is 5.32 Å². The molecule has 1 aliphatic rings. The molecule has 0 aromatic carbocycles. The monoisotopic (exact) mass is 288 g/mol. The molecule has 1 fully saturated rings. The summed E-state index contributed by atoms with van der Waals surface area (Å²) < 4.78 is 13.6. The first-order chi connectivity index (χ1) is 9.74. The Balaban J connectivity index is 1.56. The Morgan fingerprint density at radius 2 is 2.05 bits per heavy atom. The van der Waals surface area contributed by atoms with Crippen molar-refractivity contribution in [3.63, 3.8) is 0 Å². The SMILES string of the molecule is Fc1cccnc1C1CC1NC(=S)Nc1ccccn1. The second-order valence-corrected chi connectivity index (χ2v) is 5.04. The van der Waals surface area contributed by atoms with Gasteiger partial charge in [0.15, 0.2) is 5.11 Å². The van der Waals surface area contributed by atoms with E-state index in [1.54, 1.807) is 18.5 Å². The van der Waals surface area contributed by atoms with Crippen LogP contribution in [0.15, 0.2) is 42.7 Å². The van der Waals surface area contributed by atoms with Gasteiger partial charge in [0, 0.05) is 24.4 Å². The van der Waals surface area contributed by atoms with E-state index in [0.29, 0.717) is 16.6 Å². The molecular formula is C14H13FN4S. The molecule has 6 heteroatoms. The first kappa shape index (κ1) is 12.9. The number of aromatic nitrogens is 2. The van der Waals surface area contributed by atoms with Gasteiger partial charge in [0.2, 0.25) is 0 Å². The lowest BCUT2D eigenvalue weighted by atomic mass is 10.2. The summed E-state index contributed by atoms with van der Waals surface area (Å²) >= 11 is 5.21. The lowest BCUT2D eigenvalue weighted by molar-refractivity contribution is 0.597. The smallest absolute Gasteiger partial charge is 0.172 e. The zero-order chi connectivity index (χ0) is 13.9. The molecule has 102 valence electrons. The summed E-state index contributed by atoms with van der Waals surface area (Å²) in [5.74, 6) is 0.510. The van der Waals surface area contributed by atoms with E-state index in [9.17, 15) is 4.39 Å². The number of thiocarbonyl (C=S) groups is 1. The second-order valence-electron chi connectivity index (χ2n) is 4.63. The maximum Gasteiger partial charge on any atom is 0.172 e. The van der Waals surface area contributed by atoms with Crippen molar-refractivity contribution < 1.29 is 4.39 Å². The number of rotatable bonds is 3. The van der Waals surface area contributed by atoms with E-state index in [-0.39, 0.29) is 17.8 Å². The van der Waals surface area contributed by atoms with Crippen LogP contribution in [0, 0.1) is 5.82 Å². The summed E-state index contributed by atoms with van der Waals surface area (Å²) in [5.41, 5.74) is 0.505. The fraction of sp³-hybridized carbons (Fsp3) is 0.214. The lowest BCUT2D eigenvalue weighted by Gasteiger charge is -2.09. The van der Waals surface area contributed by atoms with Crippen LogP contribution in [0.4, 0.5) is 10.2 Å². The zero-order valence-electron chi connectivity index (χ0n) is 10.6. The molecule has 2 aromatic heterocycles. The quantitative estimate of drug-likeness (QED) is 0.850. The van der Waals surface area contributed by atoms with Crippen LogP contribution in [0.3, 0.4) is 0 Å². The van der Waals surface area contributed by atoms with Gasteiger partial charge in [-0.05, 0) is 42.9 Å². The summed E-state index contributed by atoms with van der Waals surface area (Å²) in [7, 11) is 0. The summed E-state index contributed by atoms with van der Waals surface area (Å²) in [4.78, 5) is 8.22. The molecule has 0 spiro atoms. The van der Waals surface area contributed by atoms with Crippen molar-refractivity contribution in [2.45, 2.75) is 18.4 Å². The van der Waals surface area contributed by atoms with E-state index < -0.39 is 0 Å². The third kappa shape index (κ3) is 2.91. The Morgan fingerprint density at radius 1 is 1.20 bits per heavy atom. The molecule has 2 aromatic rings. The molecule has 2 atom stereocenters. The molecule has 3 rings (SSSR count). The average molecular weight is 288 g/mol. The number of hydrogen-bond acceptors (Lipinski definition) is 3. The fourth-order valence-electron chi connectivity index (χ4n) is 2.08. The predicted octanol–water partition coefficient (Wildman–Crippen LogP) is 2.46. The molecular weight excluding hydrogens is 275 g/mol. The van der Waals surface area contributed by atoms with Crippen molar-refractivity contribution in [3.8, 4) is 0 Å². The summed E-state index contributed by atoms with van der Waals surface area (Å²) in [6, 6.07) is 8.70. The predicted molar refractivity (Wildman–Crippen MR) is 78.9 cm³/mol. The largest absolute Gasteiger partial charge is 0.359 e. The normalized spacial score (nSPS) is 20.2. The highest BCUT2D eigenvalue weighted by molar-refractivity contribution is 7.80. The molecule has 0 aliphatic heterocycles. The van der Waals surface area contributed by atoms with Crippen LogP contribution in [0.25, 0.3) is 0 Å². The van der Waals surface area contributed by atoms with Gasteiger partial charge in [-0.15, -0.1) is 0 Å². The highest BCUT2D eigenvalue weighted by Gasteiger charge is 2.41. The first-order valence-corrected chi connectivity index (χ1v) is 6.74. The Labute approximate surface area is 121 Å². The topological polar surface area (TPSA) is 49.8 Å². The van der Waals surface area contributed by atoms with E-state index in [0.717, 1.165) is 6.42 Å². The number of halogens is 1. The van der Waals surface area contributed by atoms with Gasteiger partial charge < -0.3 is 10.6 Å². The van der Waals surface area contributed by atoms with E-state index in [1.807, 2.05) is 18.2 Å². The average Bonchev–Trinajstić information content (AvgIpc) is 3.19. The maximum absolute atomic E-state index is 13.6. The number of hydrogen-bond donors (Lipinski definition) is 2. The standard InChI is InChI=1S/C14H13FN4S/c15-10-4-3-7-17-13(10)9-8-11(9)18-14(20)19-12-5-1-2-6-16-12/h1-7,9,11H,8H2,(H2,16,18,19,20). The van der Waals surface area contributed by atoms with Gasteiger partial charge in [-0.3, -0.25) is 4.98 Å². The molecule has 20 heavy (non-hydrogen) atoms. The fourth-order valence-corrected chi connectivity index (χ4v) is 2.34. The lowest BCUT2D eigenvalue weighted by Crippen LogP contribution is -2.31. The molecule has 2 unspecified atom stereocenters. The summed E-state index contributed by atoms with van der Waals surface area (Å²) in [6.07, 6.45) is 4.13. The minimum atomic E-state index is -0.259. The van der Waals surface area contributed by atoms with Gasteiger partial charge >= 0.3 is 0 Å². The van der Waals surface area contributed by atoms with Crippen molar-refractivity contribution in [1.82, 2.24) is 15.3 Å². The van der Waals surface area contributed by atoms with Gasteiger partial charge in [0.25, 0.3) is 0 Å². The highest BCUT2D eigenvalue weighted by atomic mass is 32.1. The first-order valence-electron chi connectivity index (χ1n) is 6.33. The highest BCUT2D eigenvalue weighted by Crippen LogP contribution is 2.40. The number of anilines is 1. The van der Waals surface area contributed by atoms with Crippen LogP contribution in [0.5, 0.6) is 0 Å². The minimum Gasteiger partial charge on any atom is -0.359 e. The Bertz CT molecular complexity index is 620. The van der Waals surface area contributed by atoms with Crippen LogP contribution in [0.1, 0.15) is 18.0 Å². The minimum absolute atomic E-state index is 0.0830. The third-order valence-corrected chi connectivity index (χ3v) is 3.37. The molecule has 0 saturated heterocycles. The van der Waals surface area contributed by atoms with Gasteiger partial charge in [-0.2, -0.15) is 0 Å². The Hall–Kier alpha value is -2.08. The van der Waals surface area contributed by atoms with Crippen LogP contribution in [-0.4, -0.2) is 21.1 Å². The Kier molecular flexibility index (Phi) is 3.56. The van der Waals surface area contributed by atoms with Crippen molar-refractivity contribution in [1.29, 1.82) is 0 Å². The maximum atomic E-state index is 13.6. The van der Waals surface area contributed by atoms with Crippen LogP contribution in [-0.2, 0) is 0 Å². The second kappa shape index (κ2) is 5.50. The third-order valence-electron chi connectivity index (χ3n) is 3.15. The van der Waals surface area contributed by atoms with Crippen LogP contribution >= 0.6 is 12.2 Å². The summed E-state index contributed by atoms with van der Waals surface area (Å²) in [6.45, 7) is 0. The molecule has 2 N–H and O–H groups in total. The van der Waals surface area contributed by atoms with Gasteiger partial charge in [-0.25, -0.2) is 9.37 Å². The Morgan fingerprint density at radius 3 is 2.80 bits per heavy atom. The van der Waals surface area contributed by atoms with Gasteiger partial charge in [0.05, 0.1) is 5.69 Å². The van der Waals surface area contributed by atoms with Gasteiger partial charge in [0.1, 0.15) is 11.6 Å². The molecule has 0 amide bonds. The zero-order valence-corrected chi connectivity index (χ0v) is 11.4. The number of pyridine rings is 2. The van der Waals surface area contributed by atoms with Crippen LogP contribution in [0.2, 0.25) is 0 Å². The number of nitrogens with zero attached hydrogens (tertiary/aromatic N) is 2. The molecule has 0 radical (unpaired) electrons. The van der Waals surface area contributed by atoms with Crippen molar-refractivity contribution >= 4 is 23.1 Å². The van der Waals surface area contributed by atoms with Gasteiger partial charge in [-0.1, -0.05) is 6.07 Å². The molecule has 0 bridgehead atoms. The molecule has 2 heterocycles. The molecule has 1 aliphatic carbocycles. The molecule has 1 saturated carbocycles. The number of nitrogens with one attached hydrogen (secondary N) is 2. The van der Waals surface area contributed by atoms with Crippen LogP contribution < -0.4 is 10.6 Å². The van der Waals surface area contributed by atoms with E-state index in [4.69, 9.17) is 12.2 Å². The van der Waals surface area contributed by atoms with Crippen molar-refractivity contribution in [2.24, 2.45) is 0 Å².